The minimum absolute atomic E-state index is 0.670. The van der Waals surface area contributed by atoms with Crippen LogP contribution >= 0.6 is 0 Å². The van der Waals surface area contributed by atoms with Crippen molar-refractivity contribution in [3.05, 3.63) is 277 Å². The Morgan fingerprint density at radius 3 is 1.44 bits per heavy atom. The molecule has 5 nitrogen and oxygen atoms in total. The highest BCUT2D eigenvalue weighted by atomic mass is 16.3. The zero-order valence-corrected chi connectivity index (χ0v) is 40.7. The highest BCUT2D eigenvalue weighted by Crippen LogP contribution is 2.51. The second-order valence-corrected chi connectivity index (χ2v) is 19.1. The number of anilines is 6. The first-order chi connectivity index (χ1) is 36.0. The summed E-state index contributed by atoms with van der Waals surface area (Å²) in [5, 5.41) is 2.10. The molecule has 0 saturated heterocycles. The van der Waals surface area contributed by atoms with Crippen molar-refractivity contribution in [1.82, 2.24) is 9.97 Å². The minimum atomic E-state index is 0.670. The molecule has 1 aliphatic carbocycles. The van der Waals surface area contributed by atoms with E-state index in [9.17, 15) is 0 Å². The number of hydrogen-bond acceptors (Lipinski definition) is 5. The van der Waals surface area contributed by atoms with E-state index in [2.05, 4.69) is 240 Å². The Labute approximate surface area is 426 Å². The second kappa shape index (κ2) is 18.5. The third kappa shape index (κ3) is 8.11. The molecular weight excluding hydrogens is 889 g/mol. The SMILES string of the molecule is Cc1ccc(N(c2ccc(-c3ccccc3)cc2)c2ccc3c(c2)Cc2ccccc2-c2ccccc2Cc2cc(N(c4ccc(-c5ccccc5)cc4)c4ccc(C)nc4)c4c(oc5ccccc54)c2-3)cn1. The molecule has 0 radical (unpaired) electrons. The van der Waals surface area contributed by atoms with Crippen LogP contribution in [0.1, 0.15) is 33.6 Å². The predicted molar refractivity (Wildman–Crippen MR) is 302 cm³/mol. The van der Waals surface area contributed by atoms with Gasteiger partial charge in [-0.15, -0.1) is 0 Å². The van der Waals surface area contributed by atoms with E-state index in [1.807, 2.05) is 26.2 Å². The third-order valence-corrected chi connectivity index (χ3v) is 14.4. The van der Waals surface area contributed by atoms with Crippen molar-refractivity contribution < 1.29 is 4.42 Å². The van der Waals surface area contributed by atoms with Crippen LogP contribution in [0, 0.1) is 13.8 Å². The summed E-state index contributed by atoms with van der Waals surface area (Å²) in [7, 11) is 0. The molecule has 5 heteroatoms. The van der Waals surface area contributed by atoms with Gasteiger partial charge in [0.05, 0.1) is 34.8 Å². The number of nitrogens with zero attached hydrogens (tertiary/aromatic N) is 4. The molecule has 13 rings (SSSR count). The van der Waals surface area contributed by atoms with Gasteiger partial charge in [0.15, 0.2) is 0 Å². The van der Waals surface area contributed by atoms with Gasteiger partial charge in [-0.1, -0.05) is 158 Å². The highest BCUT2D eigenvalue weighted by molar-refractivity contribution is 6.18. The zero-order chi connectivity index (χ0) is 48.8. The van der Waals surface area contributed by atoms with Gasteiger partial charge >= 0.3 is 0 Å². The van der Waals surface area contributed by atoms with E-state index in [0.717, 1.165) is 84.1 Å². The van der Waals surface area contributed by atoms with Crippen LogP contribution in [0.15, 0.2) is 247 Å². The third-order valence-electron chi connectivity index (χ3n) is 14.4. The normalized spacial score (nSPS) is 11.9. The minimum Gasteiger partial charge on any atom is -0.455 e. The molecule has 73 heavy (non-hydrogen) atoms. The average molecular weight is 939 g/mol. The Balaban J connectivity index is 1.07. The number of fused-ring (bicyclic) bond motifs is 10. The maximum Gasteiger partial charge on any atom is 0.145 e. The van der Waals surface area contributed by atoms with Crippen molar-refractivity contribution >= 4 is 56.1 Å². The van der Waals surface area contributed by atoms with E-state index < -0.39 is 0 Å². The number of pyridine rings is 2. The van der Waals surface area contributed by atoms with Crippen molar-refractivity contribution in [1.29, 1.82) is 0 Å². The molecular formula is C68H50N4O. The van der Waals surface area contributed by atoms with Gasteiger partial charge in [-0.3, -0.25) is 9.97 Å². The summed E-state index contributed by atoms with van der Waals surface area (Å²) in [6.45, 7) is 4.08. The number of hydrogen-bond donors (Lipinski definition) is 0. The van der Waals surface area contributed by atoms with Crippen LogP contribution in [0.25, 0.3) is 66.4 Å². The summed E-state index contributed by atoms with van der Waals surface area (Å²) in [6.07, 6.45) is 5.34. The van der Waals surface area contributed by atoms with Gasteiger partial charge in [0.25, 0.3) is 0 Å². The van der Waals surface area contributed by atoms with Gasteiger partial charge in [-0.05, 0) is 161 Å². The summed E-state index contributed by atoms with van der Waals surface area (Å²) in [4.78, 5) is 14.4. The van der Waals surface area contributed by atoms with Crippen LogP contribution in [0.2, 0.25) is 0 Å². The van der Waals surface area contributed by atoms with E-state index >= 15 is 0 Å². The molecule has 348 valence electrons. The molecule has 0 atom stereocenters. The summed E-state index contributed by atoms with van der Waals surface area (Å²) in [5.74, 6) is 0. The smallest absolute Gasteiger partial charge is 0.145 e. The van der Waals surface area contributed by atoms with E-state index in [1.165, 1.54) is 50.1 Å². The quantitative estimate of drug-likeness (QED) is 0.152. The van der Waals surface area contributed by atoms with Gasteiger partial charge < -0.3 is 14.2 Å². The molecule has 0 unspecified atom stereocenters. The number of rotatable bonds is 8. The first-order valence-electron chi connectivity index (χ1n) is 25.0. The lowest BCUT2D eigenvalue weighted by molar-refractivity contribution is 0.669. The number of para-hydroxylation sites is 1. The molecule has 0 amide bonds. The fraction of sp³-hybridized carbons (Fsp3) is 0.0588. The molecule has 9 aromatic carbocycles. The summed E-state index contributed by atoms with van der Waals surface area (Å²) in [5.41, 5.74) is 24.0. The fourth-order valence-electron chi connectivity index (χ4n) is 10.9. The van der Waals surface area contributed by atoms with Crippen molar-refractivity contribution in [3.8, 4) is 44.5 Å². The lowest BCUT2D eigenvalue weighted by Crippen LogP contribution is -2.13. The number of aryl methyl sites for hydroxylation is 2. The van der Waals surface area contributed by atoms with Crippen LogP contribution < -0.4 is 9.80 Å². The molecule has 0 fully saturated rings. The lowest BCUT2D eigenvalue weighted by Gasteiger charge is -2.29. The van der Waals surface area contributed by atoms with Gasteiger partial charge in [-0.2, -0.15) is 0 Å². The van der Waals surface area contributed by atoms with Crippen LogP contribution in [0.3, 0.4) is 0 Å². The van der Waals surface area contributed by atoms with Crippen LogP contribution in [0.4, 0.5) is 34.1 Å². The Morgan fingerprint density at radius 2 is 0.849 bits per heavy atom. The van der Waals surface area contributed by atoms with Crippen LogP contribution in [0.5, 0.6) is 0 Å². The second-order valence-electron chi connectivity index (χ2n) is 19.1. The van der Waals surface area contributed by atoms with Crippen molar-refractivity contribution in [2.75, 3.05) is 9.80 Å². The van der Waals surface area contributed by atoms with Crippen molar-refractivity contribution in [3.63, 3.8) is 0 Å². The molecule has 12 aromatic rings. The van der Waals surface area contributed by atoms with Gasteiger partial charge in [0.1, 0.15) is 11.2 Å². The summed E-state index contributed by atoms with van der Waals surface area (Å²) < 4.78 is 7.31. The standard InChI is InChI=1S/C68H50N4O/c1-45-25-31-58(43-69-45)71(55-33-27-49(28-34-55)47-15-5-3-6-16-47)57-37-38-62-53(41-57)39-51-19-9-11-21-60(51)61-22-12-10-20-52(61)40-54-42-64(67-63-23-13-14-24-65(63)73-68(67)66(54)62)72(59-32-26-46(2)70-44-59)56-35-29-50(30-36-56)48-17-7-4-8-18-48/h3-38,41-44H,39-40H2,1-2H3. The predicted octanol–water partition coefficient (Wildman–Crippen LogP) is 18.1. The zero-order valence-electron chi connectivity index (χ0n) is 40.7. The summed E-state index contributed by atoms with van der Waals surface area (Å²) >= 11 is 0. The van der Waals surface area contributed by atoms with E-state index in [0.29, 0.717) is 12.8 Å². The first-order valence-corrected chi connectivity index (χ1v) is 25.0. The van der Waals surface area contributed by atoms with E-state index in [4.69, 9.17) is 14.4 Å². The maximum atomic E-state index is 7.31. The topological polar surface area (TPSA) is 45.4 Å². The number of aromatic nitrogens is 2. The molecule has 0 N–H and O–H groups in total. The fourth-order valence-corrected chi connectivity index (χ4v) is 10.9. The number of benzene rings is 9. The Bertz CT molecular complexity index is 3960. The Kier molecular flexibility index (Phi) is 11.0. The average Bonchev–Trinajstić information content (AvgIpc) is 3.83. The maximum absolute atomic E-state index is 7.31. The molecule has 0 saturated carbocycles. The molecule has 1 aliphatic rings. The monoisotopic (exact) mass is 938 g/mol. The van der Waals surface area contributed by atoms with Gasteiger partial charge in [0, 0.05) is 39.4 Å². The molecule has 0 aliphatic heterocycles. The van der Waals surface area contributed by atoms with Gasteiger partial charge in [-0.25, -0.2) is 0 Å². The summed E-state index contributed by atoms with van der Waals surface area (Å²) in [6, 6.07) is 83.3. The highest BCUT2D eigenvalue weighted by Gasteiger charge is 2.29. The Hall–Kier alpha value is -9.32. The lowest BCUT2D eigenvalue weighted by atomic mass is 9.82. The first kappa shape index (κ1) is 43.7. The van der Waals surface area contributed by atoms with E-state index in [1.54, 1.807) is 0 Å². The largest absolute Gasteiger partial charge is 0.455 e. The van der Waals surface area contributed by atoms with Crippen molar-refractivity contribution in [2.24, 2.45) is 0 Å². The van der Waals surface area contributed by atoms with Gasteiger partial charge in [0.2, 0.25) is 0 Å². The molecule has 0 spiro atoms. The van der Waals surface area contributed by atoms with Crippen molar-refractivity contribution in [2.45, 2.75) is 26.7 Å². The Morgan fingerprint density at radius 1 is 0.370 bits per heavy atom. The van der Waals surface area contributed by atoms with E-state index in [-0.39, 0.29) is 0 Å². The number of furan rings is 1. The molecule has 3 heterocycles. The van der Waals surface area contributed by atoms with Crippen LogP contribution in [-0.2, 0) is 12.8 Å². The van der Waals surface area contributed by atoms with Crippen LogP contribution in [-0.4, -0.2) is 9.97 Å². The molecule has 0 bridgehead atoms. The molecule has 3 aromatic heterocycles.